The Morgan fingerprint density at radius 3 is 2.72 bits per heavy atom. The van der Waals surface area contributed by atoms with Gasteiger partial charge in [0, 0.05) is 25.0 Å². The molecule has 0 atom stereocenters. The molecule has 0 aromatic carbocycles. The summed E-state index contributed by atoms with van der Waals surface area (Å²) in [6, 6.07) is 0. The van der Waals surface area contributed by atoms with Crippen LogP contribution >= 0.6 is 11.3 Å². The molecule has 0 aliphatic carbocycles. The summed E-state index contributed by atoms with van der Waals surface area (Å²) in [4.78, 5) is 6.15. The molecule has 0 fully saturated rings. The summed E-state index contributed by atoms with van der Waals surface area (Å²) in [5.74, 6) is 0. The predicted molar refractivity (Wildman–Crippen MR) is 78.3 cm³/mol. The van der Waals surface area contributed by atoms with E-state index in [1.54, 1.807) is 7.11 Å². The molecule has 0 aliphatic heterocycles. The zero-order chi connectivity index (χ0) is 13.2. The summed E-state index contributed by atoms with van der Waals surface area (Å²) >= 11 is 1.84. The van der Waals surface area contributed by atoms with Crippen LogP contribution in [0, 0.1) is 0 Å². The van der Waals surface area contributed by atoms with Gasteiger partial charge in [0.2, 0.25) is 0 Å². The minimum Gasteiger partial charge on any atom is -0.384 e. The molecule has 18 heavy (non-hydrogen) atoms. The van der Waals surface area contributed by atoms with Crippen molar-refractivity contribution in [3.63, 3.8) is 0 Å². The van der Waals surface area contributed by atoms with Crippen molar-refractivity contribution in [2.75, 3.05) is 20.3 Å². The van der Waals surface area contributed by atoms with Crippen LogP contribution in [0.3, 0.4) is 0 Å². The molecule has 1 heterocycles. The van der Waals surface area contributed by atoms with E-state index in [0.717, 1.165) is 39.0 Å². The molecule has 4 heteroatoms. The zero-order valence-corrected chi connectivity index (χ0v) is 12.7. The van der Waals surface area contributed by atoms with Crippen molar-refractivity contribution >= 4 is 11.3 Å². The second-order valence-corrected chi connectivity index (χ2v) is 5.67. The maximum absolute atomic E-state index is 5.12. The fourth-order valence-electron chi connectivity index (χ4n) is 1.81. The van der Waals surface area contributed by atoms with E-state index in [2.05, 4.69) is 19.2 Å². The molecule has 3 nitrogen and oxygen atoms in total. The maximum atomic E-state index is 5.12. The van der Waals surface area contributed by atoms with Crippen molar-refractivity contribution in [2.24, 2.45) is 0 Å². The van der Waals surface area contributed by atoms with Gasteiger partial charge in [0.05, 0.1) is 17.3 Å². The zero-order valence-electron chi connectivity index (χ0n) is 11.9. The highest BCUT2D eigenvalue weighted by atomic mass is 32.1. The lowest BCUT2D eigenvalue weighted by Crippen LogP contribution is -2.14. The number of thiazole rings is 1. The van der Waals surface area contributed by atoms with E-state index in [1.807, 2.05) is 11.3 Å². The van der Waals surface area contributed by atoms with E-state index in [-0.39, 0.29) is 0 Å². The fraction of sp³-hybridized carbons (Fsp3) is 0.786. The molecule has 1 N–H and O–H groups in total. The highest BCUT2D eigenvalue weighted by molar-refractivity contribution is 7.11. The van der Waals surface area contributed by atoms with Crippen LogP contribution < -0.4 is 5.32 Å². The minimum atomic E-state index is 0.766. The van der Waals surface area contributed by atoms with E-state index in [1.165, 1.54) is 28.4 Å². The van der Waals surface area contributed by atoms with E-state index in [9.17, 15) is 0 Å². The molecule has 1 rings (SSSR count). The third-order valence-corrected chi connectivity index (χ3v) is 3.98. The normalized spacial score (nSPS) is 11.1. The Morgan fingerprint density at radius 2 is 2.06 bits per heavy atom. The lowest BCUT2D eigenvalue weighted by Gasteiger charge is -2.03. The molecule has 1 aromatic rings. The van der Waals surface area contributed by atoms with Gasteiger partial charge in [-0.05, 0) is 19.4 Å². The minimum absolute atomic E-state index is 0.766. The number of aromatic nitrogens is 1. The average molecular weight is 270 g/mol. The van der Waals surface area contributed by atoms with Crippen LogP contribution in [0.25, 0.3) is 0 Å². The number of hydrogen-bond acceptors (Lipinski definition) is 4. The first-order chi connectivity index (χ1) is 8.81. The smallest absolute Gasteiger partial charge is 0.0954 e. The van der Waals surface area contributed by atoms with Crippen molar-refractivity contribution in [3.05, 3.63) is 15.6 Å². The van der Waals surface area contributed by atoms with Gasteiger partial charge in [-0.3, -0.25) is 0 Å². The molecule has 1 aromatic heterocycles. The summed E-state index contributed by atoms with van der Waals surface area (Å²) in [7, 11) is 1.74. The number of nitrogens with zero attached hydrogens (tertiary/aromatic N) is 1. The van der Waals surface area contributed by atoms with Gasteiger partial charge in [0.1, 0.15) is 0 Å². The van der Waals surface area contributed by atoms with E-state index < -0.39 is 0 Å². The Bertz CT molecular complexity index is 326. The monoisotopic (exact) mass is 270 g/mol. The Balaban J connectivity index is 2.53. The number of methoxy groups -OCH3 is 1. The van der Waals surface area contributed by atoms with Crippen molar-refractivity contribution in [2.45, 2.75) is 52.5 Å². The Hall–Kier alpha value is -0.450. The van der Waals surface area contributed by atoms with E-state index >= 15 is 0 Å². The molecule has 0 amide bonds. The topological polar surface area (TPSA) is 34.1 Å². The summed E-state index contributed by atoms with van der Waals surface area (Å²) in [5.41, 5.74) is 1.29. The lowest BCUT2D eigenvalue weighted by molar-refractivity contribution is 0.202. The third-order valence-electron chi connectivity index (χ3n) is 2.82. The van der Waals surface area contributed by atoms with Crippen LogP contribution in [0.2, 0.25) is 0 Å². The quantitative estimate of drug-likeness (QED) is 0.663. The molecule has 104 valence electrons. The summed E-state index contributed by atoms with van der Waals surface area (Å²) in [6.45, 7) is 7.28. The number of aryl methyl sites for hydroxylation is 1. The number of nitrogens with one attached hydrogen (secondary N) is 1. The highest BCUT2D eigenvalue weighted by Crippen LogP contribution is 2.20. The van der Waals surface area contributed by atoms with Gasteiger partial charge in [0.15, 0.2) is 0 Å². The van der Waals surface area contributed by atoms with Crippen molar-refractivity contribution in [3.8, 4) is 0 Å². The summed E-state index contributed by atoms with van der Waals surface area (Å²) in [6.07, 6.45) is 5.69. The van der Waals surface area contributed by atoms with Crippen LogP contribution in [0.4, 0.5) is 0 Å². The van der Waals surface area contributed by atoms with E-state index in [0.29, 0.717) is 0 Å². The summed E-state index contributed by atoms with van der Waals surface area (Å²) < 4.78 is 5.12. The van der Waals surface area contributed by atoms with Crippen LogP contribution in [0.15, 0.2) is 0 Å². The maximum Gasteiger partial charge on any atom is 0.0954 e. The largest absolute Gasteiger partial charge is 0.384 e. The van der Waals surface area contributed by atoms with Gasteiger partial charge >= 0.3 is 0 Å². The fourth-order valence-corrected chi connectivity index (χ4v) is 2.87. The number of hydrogen-bond donors (Lipinski definition) is 1. The van der Waals surface area contributed by atoms with Crippen molar-refractivity contribution < 1.29 is 4.74 Å². The van der Waals surface area contributed by atoms with Gasteiger partial charge in [-0.2, -0.15) is 0 Å². The Kier molecular flexibility index (Phi) is 8.22. The van der Waals surface area contributed by atoms with Gasteiger partial charge in [-0.15, -0.1) is 11.3 Å². The SMILES string of the molecule is CCCCNCc1sc(CCOC)nc1CCC. The average Bonchev–Trinajstić information content (AvgIpc) is 2.75. The molecule has 0 unspecified atom stereocenters. The Morgan fingerprint density at radius 1 is 1.22 bits per heavy atom. The molecule has 0 bridgehead atoms. The third kappa shape index (κ3) is 5.46. The molecular formula is C14H26N2OS. The standard InChI is InChI=1S/C14H26N2OS/c1-4-6-9-15-11-13-12(7-5-2)16-14(18-13)8-10-17-3/h15H,4-11H2,1-3H3. The molecule has 0 aliphatic rings. The Labute approximate surface area is 115 Å². The van der Waals surface area contributed by atoms with Crippen molar-refractivity contribution in [1.29, 1.82) is 0 Å². The molecule has 0 saturated heterocycles. The van der Waals surface area contributed by atoms with Gasteiger partial charge in [0.25, 0.3) is 0 Å². The predicted octanol–water partition coefficient (Wildman–Crippen LogP) is 3.17. The van der Waals surface area contributed by atoms with E-state index in [4.69, 9.17) is 9.72 Å². The van der Waals surface area contributed by atoms with Crippen LogP contribution in [0.5, 0.6) is 0 Å². The second kappa shape index (κ2) is 9.48. The van der Waals surface area contributed by atoms with Gasteiger partial charge < -0.3 is 10.1 Å². The first-order valence-corrected chi connectivity index (χ1v) is 7.80. The number of unbranched alkanes of at least 4 members (excludes halogenated alkanes) is 1. The lowest BCUT2D eigenvalue weighted by atomic mass is 10.2. The molecular weight excluding hydrogens is 244 g/mol. The number of ether oxygens (including phenoxy) is 1. The second-order valence-electron chi connectivity index (χ2n) is 4.50. The van der Waals surface area contributed by atoms with Gasteiger partial charge in [-0.1, -0.05) is 26.7 Å². The summed E-state index contributed by atoms with van der Waals surface area (Å²) in [5, 5.41) is 4.73. The van der Waals surface area contributed by atoms with Crippen LogP contribution in [-0.2, 0) is 24.1 Å². The molecule has 0 saturated carbocycles. The first kappa shape index (κ1) is 15.6. The molecule has 0 radical (unpaired) electrons. The first-order valence-electron chi connectivity index (χ1n) is 6.98. The highest BCUT2D eigenvalue weighted by Gasteiger charge is 2.09. The van der Waals surface area contributed by atoms with Crippen molar-refractivity contribution in [1.82, 2.24) is 10.3 Å². The molecule has 0 spiro atoms. The van der Waals surface area contributed by atoms with Crippen LogP contribution in [-0.4, -0.2) is 25.2 Å². The van der Waals surface area contributed by atoms with Gasteiger partial charge in [-0.25, -0.2) is 4.98 Å². The van der Waals surface area contributed by atoms with Crippen LogP contribution in [0.1, 0.15) is 48.7 Å². The number of rotatable bonds is 10.